The number of nitrogens with two attached hydrogens (primary N) is 1. The van der Waals surface area contributed by atoms with E-state index in [9.17, 15) is 19.7 Å². The minimum atomic E-state index is -1.28. The van der Waals surface area contributed by atoms with Crippen molar-refractivity contribution in [2.45, 2.75) is 56.9 Å². The van der Waals surface area contributed by atoms with Gasteiger partial charge in [-0.15, -0.1) is 0 Å². The van der Waals surface area contributed by atoms with Gasteiger partial charge in [-0.3, -0.25) is 4.79 Å². The van der Waals surface area contributed by atoms with Crippen molar-refractivity contribution in [1.29, 1.82) is 0 Å². The molecule has 1 aromatic rings. The van der Waals surface area contributed by atoms with Crippen molar-refractivity contribution in [1.82, 2.24) is 10.2 Å². The van der Waals surface area contributed by atoms with Crippen LogP contribution >= 0.6 is 0 Å². The third-order valence-corrected chi connectivity index (χ3v) is 6.58. The van der Waals surface area contributed by atoms with Crippen molar-refractivity contribution >= 4 is 19.0 Å². The van der Waals surface area contributed by atoms with Crippen LogP contribution in [0, 0.1) is 11.8 Å². The first kappa shape index (κ1) is 23.6. The summed E-state index contributed by atoms with van der Waals surface area (Å²) in [5.41, 5.74) is 7.05. The lowest BCUT2D eigenvalue weighted by Gasteiger charge is -2.33. The van der Waals surface area contributed by atoms with Crippen LogP contribution in [0.25, 0.3) is 0 Å². The topological polar surface area (TPSA) is 125 Å². The molecule has 2 atom stereocenters. The van der Waals surface area contributed by atoms with E-state index in [0.29, 0.717) is 30.2 Å². The first-order valence-electron chi connectivity index (χ1n) is 11.1. The van der Waals surface area contributed by atoms with E-state index in [4.69, 9.17) is 10.4 Å². The van der Waals surface area contributed by atoms with E-state index in [1.807, 2.05) is 0 Å². The zero-order valence-electron chi connectivity index (χ0n) is 18.4. The fraction of sp³-hybridized carbons (Fsp3) is 0.636. The number of aromatic carboxylic acids is 1. The minimum absolute atomic E-state index is 0.0156. The van der Waals surface area contributed by atoms with Crippen molar-refractivity contribution in [3.8, 4) is 5.75 Å². The first-order chi connectivity index (χ1) is 14.7. The Morgan fingerprint density at radius 3 is 2.65 bits per heavy atom. The second-order valence-corrected chi connectivity index (χ2v) is 9.23. The molecule has 9 heteroatoms. The molecular formula is C22H34BN3O5. The fourth-order valence-corrected chi connectivity index (χ4v) is 4.71. The predicted molar refractivity (Wildman–Crippen MR) is 119 cm³/mol. The lowest BCUT2D eigenvalue weighted by atomic mass is 9.72. The van der Waals surface area contributed by atoms with Gasteiger partial charge in [0.15, 0.2) is 0 Å². The Hall–Kier alpha value is -2.10. The quantitative estimate of drug-likeness (QED) is 0.457. The second kappa shape index (κ2) is 10.5. The molecule has 31 heavy (non-hydrogen) atoms. The highest BCUT2D eigenvalue weighted by molar-refractivity contribution is 6.47. The standard InChI is InChI=1S/C22H34BN3O5/c1-26(2)11-10-18(24)15-8-6-14(7-9-15)12-20(27)25-19-13-16-4-3-5-17(22(28)29)21(16)31-23(19)30/h3-5,14-15,18-19,30H,6-13,24H2,1-2H3,(H,25,27)(H,28,29)/t14?,15?,18?,19-/m0/s1. The molecule has 3 rings (SSSR count). The number of nitrogens with zero attached hydrogens (tertiary/aromatic N) is 1. The Morgan fingerprint density at radius 1 is 1.29 bits per heavy atom. The molecule has 2 aliphatic rings. The molecule has 0 aromatic heterocycles. The van der Waals surface area contributed by atoms with Gasteiger partial charge >= 0.3 is 13.1 Å². The number of fused-ring (bicyclic) bond motifs is 1. The maximum Gasteiger partial charge on any atom is 0.547 e. The molecule has 1 fully saturated rings. The molecule has 1 saturated carbocycles. The van der Waals surface area contributed by atoms with Crippen LogP contribution in [0.3, 0.4) is 0 Å². The summed E-state index contributed by atoms with van der Waals surface area (Å²) in [4.78, 5) is 26.1. The third-order valence-electron chi connectivity index (χ3n) is 6.58. The molecule has 8 nitrogen and oxygen atoms in total. The highest BCUT2D eigenvalue weighted by Gasteiger charge is 2.38. The Kier molecular flexibility index (Phi) is 7.97. The number of carboxylic acids is 1. The molecule has 1 heterocycles. The first-order valence-corrected chi connectivity index (χ1v) is 11.1. The maximum atomic E-state index is 12.6. The van der Waals surface area contributed by atoms with Crippen LogP contribution in [0.5, 0.6) is 5.75 Å². The molecule has 1 amide bonds. The van der Waals surface area contributed by atoms with E-state index in [0.717, 1.165) is 38.6 Å². The number of para-hydroxylation sites is 1. The lowest BCUT2D eigenvalue weighted by Crippen LogP contribution is -2.53. The number of rotatable bonds is 8. The van der Waals surface area contributed by atoms with Crippen molar-refractivity contribution in [3.05, 3.63) is 29.3 Å². The van der Waals surface area contributed by atoms with Crippen LogP contribution < -0.4 is 15.7 Å². The molecule has 0 radical (unpaired) electrons. The van der Waals surface area contributed by atoms with Crippen molar-refractivity contribution < 1.29 is 24.4 Å². The number of benzene rings is 1. The summed E-state index contributed by atoms with van der Waals surface area (Å²) in [5, 5.41) is 22.5. The Morgan fingerprint density at radius 2 is 2.00 bits per heavy atom. The van der Waals surface area contributed by atoms with Gasteiger partial charge < -0.3 is 30.7 Å². The van der Waals surface area contributed by atoms with Gasteiger partial charge in [0.2, 0.25) is 5.91 Å². The number of hydrogen-bond donors (Lipinski definition) is 4. The number of hydrogen-bond acceptors (Lipinski definition) is 6. The van der Waals surface area contributed by atoms with Crippen LogP contribution in [0.2, 0.25) is 0 Å². The van der Waals surface area contributed by atoms with Gasteiger partial charge in [0.25, 0.3) is 0 Å². The largest absolute Gasteiger partial charge is 0.547 e. The van der Waals surface area contributed by atoms with E-state index in [1.54, 1.807) is 12.1 Å². The van der Waals surface area contributed by atoms with Crippen LogP contribution in [-0.2, 0) is 11.2 Å². The monoisotopic (exact) mass is 431 g/mol. The fourth-order valence-electron chi connectivity index (χ4n) is 4.71. The molecule has 5 N–H and O–H groups in total. The van der Waals surface area contributed by atoms with Gasteiger partial charge in [-0.2, -0.15) is 0 Å². The number of carbonyl (C=O) groups excluding carboxylic acids is 1. The summed E-state index contributed by atoms with van der Waals surface area (Å²) in [7, 11) is 2.84. The van der Waals surface area contributed by atoms with Gasteiger partial charge in [0.05, 0.1) is 11.5 Å². The highest BCUT2D eigenvalue weighted by atomic mass is 16.5. The van der Waals surface area contributed by atoms with Crippen molar-refractivity contribution in [2.24, 2.45) is 17.6 Å². The normalized spacial score (nSPS) is 24.3. The molecule has 0 spiro atoms. The molecule has 1 aliphatic carbocycles. The Balaban J connectivity index is 1.47. The van der Waals surface area contributed by atoms with Gasteiger partial charge in [0.1, 0.15) is 5.75 Å². The molecule has 170 valence electrons. The molecular weight excluding hydrogens is 397 g/mol. The highest BCUT2D eigenvalue weighted by Crippen LogP contribution is 2.33. The minimum Gasteiger partial charge on any atom is -0.534 e. The third kappa shape index (κ3) is 6.21. The van der Waals surface area contributed by atoms with Gasteiger partial charge in [-0.1, -0.05) is 12.1 Å². The molecule has 1 aliphatic heterocycles. The van der Waals surface area contributed by atoms with E-state index in [-0.39, 0.29) is 23.3 Å². The van der Waals surface area contributed by atoms with E-state index < -0.39 is 19.0 Å². The molecule has 0 bridgehead atoms. The van der Waals surface area contributed by atoms with Gasteiger partial charge in [0, 0.05) is 12.5 Å². The zero-order valence-corrected chi connectivity index (χ0v) is 18.4. The number of amides is 1. The second-order valence-electron chi connectivity index (χ2n) is 9.23. The molecule has 1 aromatic carbocycles. The summed E-state index contributed by atoms with van der Waals surface area (Å²) in [6.45, 7) is 0.992. The molecule has 1 unspecified atom stereocenters. The summed E-state index contributed by atoms with van der Waals surface area (Å²) >= 11 is 0. The lowest BCUT2D eigenvalue weighted by molar-refractivity contribution is -0.122. The maximum absolute atomic E-state index is 12.6. The average molecular weight is 431 g/mol. The van der Waals surface area contributed by atoms with Gasteiger partial charge in [-0.25, -0.2) is 4.79 Å². The summed E-state index contributed by atoms with van der Waals surface area (Å²) in [6.07, 6.45) is 5.82. The van der Waals surface area contributed by atoms with Gasteiger partial charge in [-0.05, 0) is 82.6 Å². The SMILES string of the molecule is CN(C)CCC(N)C1CCC(CC(=O)N[C@H]2Cc3cccc(C(=O)O)c3OB2O)CC1. The number of carbonyl (C=O) groups is 2. The van der Waals surface area contributed by atoms with E-state index in [1.165, 1.54) is 6.07 Å². The van der Waals surface area contributed by atoms with E-state index >= 15 is 0 Å². The zero-order chi connectivity index (χ0) is 22.5. The van der Waals surface area contributed by atoms with Crippen molar-refractivity contribution in [2.75, 3.05) is 20.6 Å². The average Bonchev–Trinajstić information content (AvgIpc) is 2.72. The van der Waals surface area contributed by atoms with Crippen LogP contribution in [0.15, 0.2) is 18.2 Å². The predicted octanol–water partition coefficient (Wildman–Crippen LogP) is 1.30. The van der Waals surface area contributed by atoms with Crippen LogP contribution in [0.1, 0.15) is 54.4 Å². The van der Waals surface area contributed by atoms with Crippen molar-refractivity contribution in [3.63, 3.8) is 0 Å². The summed E-state index contributed by atoms with van der Waals surface area (Å²) in [5.74, 6) is -0.788. The summed E-state index contributed by atoms with van der Waals surface area (Å²) < 4.78 is 5.45. The Bertz CT molecular complexity index is 782. The number of carboxylic acid groups (broad SMARTS) is 1. The smallest absolute Gasteiger partial charge is 0.534 e. The van der Waals surface area contributed by atoms with E-state index in [2.05, 4.69) is 24.3 Å². The van der Waals surface area contributed by atoms with Crippen LogP contribution in [0.4, 0.5) is 0 Å². The Labute approximate surface area is 184 Å². The number of nitrogens with one attached hydrogen (secondary N) is 1. The summed E-state index contributed by atoms with van der Waals surface area (Å²) in [6, 6.07) is 5.05. The molecule has 0 saturated heterocycles. The van der Waals surface area contributed by atoms with Crippen LogP contribution in [-0.4, -0.2) is 66.6 Å².